The van der Waals surface area contributed by atoms with Gasteiger partial charge in [0.2, 0.25) is 0 Å². The van der Waals surface area contributed by atoms with Crippen molar-refractivity contribution in [2.24, 2.45) is 0 Å². The van der Waals surface area contributed by atoms with Crippen LogP contribution < -0.4 is 0 Å². The van der Waals surface area contributed by atoms with Crippen LogP contribution in [0, 0.1) is 0 Å². The van der Waals surface area contributed by atoms with E-state index in [4.69, 9.17) is 0 Å². The van der Waals surface area contributed by atoms with E-state index in [9.17, 15) is 0 Å². The van der Waals surface area contributed by atoms with Gasteiger partial charge in [-0.15, -0.1) is 6.58 Å². The van der Waals surface area contributed by atoms with E-state index in [1.807, 2.05) is 42.7 Å². The zero-order chi connectivity index (χ0) is 15.2. The van der Waals surface area contributed by atoms with E-state index in [2.05, 4.69) is 45.8 Å². The van der Waals surface area contributed by atoms with Crippen molar-refractivity contribution in [2.75, 3.05) is 0 Å². The SMILES string of the molecule is C=CCc1ccc2nc[nH]c2c1.c1ccc2cnccc2c1. The molecule has 4 rings (SSSR count). The van der Waals surface area contributed by atoms with Gasteiger partial charge in [0.25, 0.3) is 0 Å². The second kappa shape index (κ2) is 6.68. The highest BCUT2D eigenvalue weighted by atomic mass is 14.9. The van der Waals surface area contributed by atoms with Gasteiger partial charge < -0.3 is 4.98 Å². The second-order valence-corrected chi connectivity index (χ2v) is 4.97. The molecule has 0 saturated heterocycles. The number of hydrogen-bond donors (Lipinski definition) is 1. The summed E-state index contributed by atoms with van der Waals surface area (Å²) in [5.74, 6) is 0. The fraction of sp³-hybridized carbons (Fsp3) is 0.0526. The third kappa shape index (κ3) is 3.20. The van der Waals surface area contributed by atoms with Gasteiger partial charge in [-0.2, -0.15) is 0 Å². The monoisotopic (exact) mass is 287 g/mol. The van der Waals surface area contributed by atoms with Crippen LogP contribution >= 0.6 is 0 Å². The zero-order valence-corrected chi connectivity index (χ0v) is 12.2. The molecular weight excluding hydrogens is 270 g/mol. The fourth-order valence-electron chi connectivity index (χ4n) is 2.30. The second-order valence-electron chi connectivity index (χ2n) is 4.97. The summed E-state index contributed by atoms with van der Waals surface area (Å²) in [7, 11) is 0. The molecule has 0 atom stereocenters. The van der Waals surface area contributed by atoms with E-state index in [1.54, 1.807) is 6.33 Å². The Morgan fingerprint density at radius 3 is 2.73 bits per heavy atom. The third-order valence-corrected chi connectivity index (χ3v) is 3.41. The summed E-state index contributed by atoms with van der Waals surface area (Å²) in [6.07, 6.45) is 8.20. The number of aromatic nitrogens is 3. The van der Waals surface area contributed by atoms with Crippen molar-refractivity contribution >= 4 is 21.8 Å². The first-order valence-corrected chi connectivity index (χ1v) is 7.18. The number of nitrogens with zero attached hydrogens (tertiary/aromatic N) is 2. The number of imidazole rings is 1. The number of aromatic amines is 1. The Morgan fingerprint density at radius 2 is 1.91 bits per heavy atom. The van der Waals surface area contributed by atoms with Crippen molar-refractivity contribution in [1.82, 2.24) is 15.0 Å². The molecule has 0 aliphatic carbocycles. The van der Waals surface area contributed by atoms with Gasteiger partial charge in [-0.25, -0.2) is 4.98 Å². The van der Waals surface area contributed by atoms with Crippen LogP contribution in [0.5, 0.6) is 0 Å². The summed E-state index contributed by atoms with van der Waals surface area (Å²) >= 11 is 0. The largest absolute Gasteiger partial charge is 0.345 e. The first-order valence-electron chi connectivity index (χ1n) is 7.18. The molecule has 3 heteroatoms. The van der Waals surface area contributed by atoms with Crippen molar-refractivity contribution in [1.29, 1.82) is 0 Å². The van der Waals surface area contributed by atoms with Crippen molar-refractivity contribution in [3.05, 3.63) is 85.5 Å². The minimum atomic E-state index is 0.912. The number of fused-ring (bicyclic) bond motifs is 2. The first-order chi connectivity index (χ1) is 10.9. The van der Waals surface area contributed by atoms with Gasteiger partial charge in [-0.1, -0.05) is 36.4 Å². The molecular formula is C19H17N3. The van der Waals surface area contributed by atoms with E-state index >= 15 is 0 Å². The Bertz CT molecular complexity index is 828. The van der Waals surface area contributed by atoms with Crippen LogP contribution in [0.1, 0.15) is 5.56 Å². The molecule has 0 saturated carbocycles. The minimum absolute atomic E-state index is 0.912. The van der Waals surface area contributed by atoms with Gasteiger partial charge in [-0.3, -0.25) is 4.98 Å². The van der Waals surface area contributed by atoms with Crippen molar-refractivity contribution in [2.45, 2.75) is 6.42 Å². The van der Waals surface area contributed by atoms with Gasteiger partial charge in [0.1, 0.15) is 0 Å². The summed E-state index contributed by atoms with van der Waals surface area (Å²) < 4.78 is 0. The molecule has 2 aromatic heterocycles. The van der Waals surface area contributed by atoms with Crippen LogP contribution in [0.4, 0.5) is 0 Å². The lowest BCUT2D eigenvalue weighted by atomic mass is 10.1. The number of pyridine rings is 1. The molecule has 0 aliphatic rings. The average Bonchev–Trinajstić information content (AvgIpc) is 3.04. The van der Waals surface area contributed by atoms with E-state index < -0.39 is 0 Å². The predicted molar refractivity (Wildman–Crippen MR) is 91.7 cm³/mol. The number of benzene rings is 2. The van der Waals surface area contributed by atoms with Gasteiger partial charge in [0, 0.05) is 12.4 Å². The molecule has 0 amide bonds. The molecule has 108 valence electrons. The normalized spacial score (nSPS) is 10.2. The van der Waals surface area contributed by atoms with E-state index in [1.165, 1.54) is 16.3 Å². The van der Waals surface area contributed by atoms with E-state index in [0.29, 0.717) is 0 Å². The Balaban J connectivity index is 0.000000133. The molecule has 0 unspecified atom stereocenters. The van der Waals surface area contributed by atoms with Gasteiger partial charge in [0.15, 0.2) is 0 Å². The topological polar surface area (TPSA) is 41.6 Å². The third-order valence-electron chi connectivity index (χ3n) is 3.41. The summed E-state index contributed by atoms with van der Waals surface area (Å²) in [4.78, 5) is 11.2. The van der Waals surface area contributed by atoms with E-state index in [0.717, 1.165) is 17.5 Å². The Morgan fingerprint density at radius 1 is 1.05 bits per heavy atom. The number of rotatable bonds is 2. The maximum Gasteiger partial charge on any atom is 0.0931 e. The lowest BCUT2D eigenvalue weighted by molar-refractivity contribution is 1.28. The molecule has 1 N–H and O–H groups in total. The van der Waals surface area contributed by atoms with Crippen LogP contribution in [0.15, 0.2) is 79.9 Å². The number of hydrogen-bond acceptors (Lipinski definition) is 2. The Labute approximate surface area is 129 Å². The lowest BCUT2D eigenvalue weighted by Crippen LogP contribution is -1.79. The molecule has 0 fully saturated rings. The maximum atomic E-state index is 4.14. The molecule has 0 bridgehead atoms. The number of H-pyrrole nitrogens is 1. The zero-order valence-electron chi connectivity index (χ0n) is 12.2. The van der Waals surface area contributed by atoms with Gasteiger partial charge >= 0.3 is 0 Å². The molecule has 0 radical (unpaired) electrons. The maximum absolute atomic E-state index is 4.14. The average molecular weight is 287 g/mol. The summed E-state index contributed by atoms with van der Waals surface area (Å²) in [6, 6.07) is 16.4. The molecule has 0 aliphatic heterocycles. The fourth-order valence-corrected chi connectivity index (χ4v) is 2.30. The summed E-state index contributed by atoms with van der Waals surface area (Å²) in [5, 5.41) is 2.45. The van der Waals surface area contributed by atoms with Crippen molar-refractivity contribution in [3.63, 3.8) is 0 Å². The van der Waals surface area contributed by atoms with Crippen molar-refractivity contribution < 1.29 is 0 Å². The number of nitrogens with one attached hydrogen (secondary N) is 1. The van der Waals surface area contributed by atoms with Crippen molar-refractivity contribution in [3.8, 4) is 0 Å². The predicted octanol–water partition coefficient (Wildman–Crippen LogP) is 4.53. The highest BCUT2D eigenvalue weighted by Gasteiger charge is 1.95. The number of allylic oxidation sites excluding steroid dienone is 1. The van der Waals surface area contributed by atoms with Crippen LogP contribution in [-0.2, 0) is 6.42 Å². The van der Waals surface area contributed by atoms with Crippen LogP contribution in [-0.4, -0.2) is 15.0 Å². The summed E-state index contributed by atoms with van der Waals surface area (Å²) in [6.45, 7) is 3.70. The van der Waals surface area contributed by atoms with Crippen LogP contribution in [0.25, 0.3) is 21.8 Å². The molecule has 0 spiro atoms. The summed E-state index contributed by atoms with van der Waals surface area (Å²) in [5.41, 5.74) is 3.37. The molecule has 2 heterocycles. The molecule has 2 aromatic carbocycles. The molecule has 4 aromatic rings. The minimum Gasteiger partial charge on any atom is -0.345 e. The van der Waals surface area contributed by atoms with Crippen LogP contribution in [0.3, 0.4) is 0 Å². The quantitative estimate of drug-likeness (QED) is 0.550. The first kappa shape index (κ1) is 14.0. The lowest BCUT2D eigenvalue weighted by Gasteiger charge is -1.94. The smallest absolute Gasteiger partial charge is 0.0931 e. The molecule has 22 heavy (non-hydrogen) atoms. The van der Waals surface area contributed by atoms with E-state index in [-0.39, 0.29) is 0 Å². The van der Waals surface area contributed by atoms with Crippen LogP contribution in [0.2, 0.25) is 0 Å². The standard InChI is InChI=1S/C10H10N2.C9H7N/c1-2-3-8-4-5-9-10(6-8)12-7-11-9;1-2-4-9-7-10-6-5-8(9)3-1/h2,4-7H,1,3H2,(H,11,12);1-7H. The Hall–Kier alpha value is -2.94. The molecule has 3 nitrogen and oxygen atoms in total. The highest BCUT2D eigenvalue weighted by Crippen LogP contribution is 2.12. The highest BCUT2D eigenvalue weighted by molar-refractivity contribution is 5.81. The van der Waals surface area contributed by atoms with Gasteiger partial charge in [-0.05, 0) is 41.0 Å². The van der Waals surface area contributed by atoms with Gasteiger partial charge in [0.05, 0.1) is 17.4 Å². The Kier molecular flexibility index (Phi) is 4.25.